The maximum Gasteiger partial charge on any atom is 0.435 e. The molecule has 0 aliphatic heterocycles. The van der Waals surface area contributed by atoms with Crippen molar-refractivity contribution in [2.45, 2.75) is 70.0 Å². The normalized spacial score (nSPS) is 19.7. The van der Waals surface area contributed by atoms with E-state index in [-0.39, 0.29) is 33.3 Å². The topological polar surface area (TPSA) is 58.2 Å². The summed E-state index contributed by atoms with van der Waals surface area (Å²) in [5.74, 6) is -1.19. The Morgan fingerprint density at radius 3 is 2.21 bits per heavy atom. The van der Waals surface area contributed by atoms with Gasteiger partial charge in [-0.2, -0.15) is 26.3 Å². The van der Waals surface area contributed by atoms with Crippen molar-refractivity contribution in [1.29, 1.82) is 0 Å². The molecule has 2 aromatic carbocycles. The second-order valence-electron chi connectivity index (χ2n) is 9.72. The summed E-state index contributed by atoms with van der Waals surface area (Å²) >= 11 is 6.23. The van der Waals surface area contributed by atoms with Gasteiger partial charge < -0.3 is 10.6 Å². The lowest BCUT2D eigenvalue weighted by Gasteiger charge is -2.30. The predicted octanol–water partition coefficient (Wildman–Crippen LogP) is 7.89. The van der Waals surface area contributed by atoms with Crippen molar-refractivity contribution < 1.29 is 40.3 Å². The molecule has 0 radical (unpaired) electrons. The molecule has 1 aliphatic rings. The quantitative estimate of drug-likeness (QED) is 0.319. The zero-order valence-corrected chi connectivity index (χ0v) is 21.5. The zero-order valence-electron chi connectivity index (χ0n) is 20.7. The third-order valence-corrected chi connectivity index (χ3v) is 7.17. The molecule has 0 spiro atoms. The van der Waals surface area contributed by atoms with Crippen molar-refractivity contribution in [3.05, 3.63) is 63.7 Å². The van der Waals surface area contributed by atoms with Crippen LogP contribution in [0.4, 0.5) is 36.4 Å². The lowest BCUT2D eigenvalue weighted by molar-refractivity contribution is -0.348. The summed E-state index contributed by atoms with van der Waals surface area (Å²) in [6, 6.07) is 5.54. The Balaban J connectivity index is 1.86. The molecular formula is C26H26ClF7N2O2. The van der Waals surface area contributed by atoms with E-state index in [4.69, 9.17) is 11.6 Å². The molecule has 0 aromatic heterocycles. The number of benzene rings is 2. The molecule has 12 heteroatoms. The van der Waals surface area contributed by atoms with E-state index in [9.17, 15) is 40.3 Å². The van der Waals surface area contributed by atoms with Crippen LogP contribution in [-0.2, 0) is 5.67 Å². The molecule has 0 saturated heterocycles. The van der Waals surface area contributed by atoms with E-state index in [0.717, 1.165) is 38.7 Å². The van der Waals surface area contributed by atoms with Crippen LogP contribution >= 0.6 is 11.6 Å². The van der Waals surface area contributed by atoms with Crippen molar-refractivity contribution in [2.24, 2.45) is 5.92 Å². The number of halogens is 8. The van der Waals surface area contributed by atoms with Gasteiger partial charge in [0.25, 0.3) is 11.8 Å². The summed E-state index contributed by atoms with van der Waals surface area (Å²) in [5.41, 5.74) is -8.44. The molecule has 1 fully saturated rings. The summed E-state index contributed by atoms with van der Waals surface area (Å²) in [4.78, 5) is 26.1. The van der Waals surface area contributed by atoms with Crippen LogP contribution in [-0.4, -0.2) is 29.7 Å². The Labute approximate surface area is 219 Å². The highest BCUT2D eigenvalue weighted by atomic mass is 35.5. The van der Waals surface area contributed by atoms with E-state index < -0.39 is 40.9 Å². The molecule has 1 aliphatic carbocycles. The smallest absolute Gasteiger partial charge is 0.347 e. The summed E-state index contributed by atoms with van der Waals surface area (Å²) in [5, 5.41) is 5.25. The summed E-state index contributed by atoms with van der Waals surface area (Å²) < 4.78 is 93.0. The van der Waals surface area contributed by atoms with Crippen molar-refractivity contribution in [2.75, 3.05) is 5.32 Å². The molecule has 38 heavy (non-hydrogen) atoms. The van der Waals surface area contributed by atoms with E-state index in [1.165, 1.54) is 18.2 Å². The first kappa shape index (κ1) is 29.7. The highest BCUT2D eigenvalue weighted by molar-refractivity contribution is 6.35. The van der Waals surface area contributed by atoms with Crippen molar-refractivity contribution in [1.82, 2.24) is 5.32 Å². The first-order valence-electron chi connectivity index (χ1n) is 11.8. The van der Waals surface area contributed by atoms with Crippen LogP contribution in [0.3, 0.4) is 0 Å². The van der Waals surface area contributed by atoms with Gasteiger partial charge in [-0.15, -0.1) is 0 Å². The summed E-state index contributed by atoms with van der Waals surface area (Å²) in [7, 11) is 0. The molecule has 2 unspecified atom stereocenters. The minimum atomic E-state index is -6.26. The fourth-order valence-electron chi connectivity index (χ4n) is 4.44. The van der Waals surface area contributed by atoms with Gasteiger partial charge in [0.2, 0.25) is 0 Å². The Morgan fingerprint density at radius 2 is 1.66 bits per heavy atom. The number of amides is 2. The van der Waals surface area contributed by atoms with Gasteiger partial charge in [-0.25, -0.2) is 4.39 Å². The zero-order chi connectivity index (χ0) is 28.7. The van der Waals surface area contributed by atoms with E-state index in [2.05, 4.69) is 17.6 Å². The average Bonchev–Trinajstić information content (AvgIpc) is 3.44. The van der Waals surface area contributed by atoms with Crippen LogP contribution in [0.1, 0.15) is 71.4 Å². The largest absolute Gasteiger partial charge is 0.435 e. The molecular weight excluding hydrogens is 541 g/mol. The number of nitrogens with one attached hydrogen (secondary N) is 2. The molecule has 2 amide bonds. The fraction of sp³-hybridized carbons (Fsp3) is 0.462. The Morgan fingerprint density at radius 1 is 1.03 bits per heavy atom. The van der Waals surface area contributed by atoms with Gasteiger partial charge in [-0.05, 0) is 56.4 Å². The Bertz CT molecular complexity index is 1220. The van der Waals surface area contributed by atoms with E-state index in [0.29, 0.717) is 12.1 Å². The maximum absolute atomic E-state index is 14.4. The number of hydrogen-bond donors (Lipinski definition) is 2. The number of carbonyl (C=O) groups is 2. The van der Waals surface area contributed by atoms with E-state index >= 15 is 0 Å². The van der Waals surface area contributed by atoms with Crippen LogP contribution in [0.5, 0.6) is 0 Å². The lowest BCUT2D eigenvalue weighted by Crippen LogP contribution is -2.50. The second-order valence-corrected chi connectivity index (χ2v) is 10.1. The predicted molar refractivity (Wildman–Crippen MR) is 129 cm³/mol. The number of hydrogen-bond acceptors (Lipinski definition) is 2. The summed E-state index contributed by atoms with van der Waals surface area (Å²) in [6.07, 6.45) is -8.82. The number of unbranched alkanes of at least 4 members (excludes halogenated alkanes) is 1. The van der Waals surface area contributed by atoms with Crippen LogP contribution in [0, 0.1) is 12.8 Å². The van der Waals surface area contributed by atoms with Crippen molar-refractivity contribution in [3.63, 3.8) is 0 Å². The molecule has 208 valence electrons. The van der Waals surface area contributed by atoms with Gasteiger partial charge in [-0.3, -0.25) is 9.59 Å². The Hall–Kier alpha value is -2.82. The molecule has 1 saturated carbocycles. The SMILES string of the molecule is CCCCC1CC1(C)NC(=O)c1c(Cl)cccc1C(=O)Nc1ccc(C(F)(C(F)(F)F)C(F)(F)F)cc1C. The molecule has 0 heterocycles. The van der Waals surface area contributed by atoms with Gasteiger partial charge in [0.05, 0.1) is 16.1 Å². The summed E-state index contributed by atoms with van der Waals surface area (Å²) in [6.45, 7) is 5.06. The molecule has 4 nitrogen and oxygen atoms in total. The van der Waals surface area contributed by atoms with Crippen molar-refractivity contribution in [3.8, 4) is 0 Å². The third kappa shape index (κ3) is 5.62. The highest BCUT2D eigenvalue weighted by Crippen LogP contribution is 2.53. The first-order valence-corrected chi connectivity index (χ1v) is 12.2. The minimum Gasteiger partial charge on any atom is -0.347 e. The van der Waals surface area contributed by atoms with Gasteiger partial charge >= 0.3 is 18.0 Å². The third-order valence-electron chi connectivity index (χ3n) is 6.86. The molecule has 2 atom stereocenters. The molecule has 2 N–H and O–H groups in total. The van der Waals surface area contributed by atoms with Crippen LogP contribution in [0.2, 0.25) is 5.02 Å². The highest BCUT2D eigenvalue weighted by Gasteiger charge is 2.73. The van der Waals surface area contributed by atoms with Gasteiger partial charge in [-0.1, -0.05) is 49.6 Å². The number of alkyl halides is 7. The number of anilines is 1. The molecule has 2 aromatic rings. The van der Waals surface area contributed by atoms with Gasteiger partial charge in [0.1, 0.15) is 0 Å². The van der Waals surface area contributed by atoms with Crippen molar-refractivity contribution >= 4 is 29.1 Å². The minimum absolute atomic E-state index is 0.0193. The fourth-order valence-corrected chi connectivity index (χ4v) is 4.70. The number of carbonyl (C=O) groups excluding carboxylic acids is 2. The first-order chi connectivity index (χ1) is 17.5. The Kier molecular flexibility index (Phi) is 8.13. The van der Waals surface area contributed by atoms with Crippen LogP contribution in [0.15, 0.2) is 36.4 Å². The molecule has 0 bridgehead atoms. The lowest BCUT2D eigenvalue weighted by atomic mass is 9.92. The van der Waals surface area contributed by atoms with Crippen LogP contribution < -0.4 is 10.6 Å². The monoisotopic (exact) mass is 566 g/mol. The average molecular weight is 567 g/mol. The maximum atomic E-state index is 14.4. The van der Waals surface area contributed by atoms with Gasteiger partial charge in [0, 0.05) is 16.8 Å². The standard InChI is InChI=1S/C26H26ClF7N2O2/c1-4-5-7-16-13-23(16,3)36-22(38)20-17(8-6-9-18(20)27)21(37)35-19-11-10-15(12-14(19)2)24(28,25(29,30)31)26(32,33)34/h6,8-12,16H,4-5,7,13H2,1-3H3,(H,35,37)(H,36,38). The second kappa shape index (κ2) is 10.4. The van der Waals surface area contributed by atoms with Crippen LogP contribution in [0.25, 0.3) is 0 Å². The van der Waals surface area contributed by atoms with E-state index in [1.807, 2.05) is 6.92 Å². The molecule has 3 rings (SSSR count). The number of rotatable bonds is 8. The number of aryl methyl sites for hydroxylation is 1. The van der Waals surface area contributed by atoms with Gasteiger partial charge in [0.15, 0.2) is 0 Å². The van der Waals surface area contributed by atoms with E-state index in [1.54, 1.807) is 0 Å².